The number of thiazole rings is 1. The highest BCUT2D eigenvalue weighted by molar-refractivity contribution is 7.22. The molecule has 34 heavy (non-hydrogen) atoms. The zero-order chi connectivity index (χ0) is 23.8. The number of rotatable bonds is 10. The minimum atomic E-state index is 0.390. The fourth-order valence-electron chi connectivity index (χ4n) is 3.35. The molecule has 174 valence electrons. The lowest BCUT2D eigenvalue weighted by Gasteiger charge is -2.15. The van der Waals surface area contributed by atoms with Crippen molar-refractivity contribution in [1.82, 2.24) is 4.98 Å². The number of hydrogen-bond acceptors (Lipinski definition) is 7. The van der Waals surface area contributed by atoms with Crippen LogP contribution in [0.15, 0.2) is 71.8 Å². The van der Waals surface area contributed by atoms with Gasteiger partial charge in [-0.3, -0.25) is 5.43 Å². The van der Waals surface area contributed by atoms with Gasteiger partial charge in [0.05, 0.1) is 23.5 Å². The van der Waals surface area contributed by atoms with E-state index in [1.807, 2.05) is 86.7 Å². The van der Waals surface area contributed by atoms with Gasteiger partial charge in [-0.1, -0.05) is 53.3 Å². The Hall–Kier alpha value is -3.84. The van der Waals surface area contributed by atoms with Crippen LogP contribution in [0.1, 0.15) is 23.6 Å². The lowest BCUT2D eigenvalue weighted by molar-refractivity contribution is 0.211. The van der Waals surface area contributed by atoms with Gasteiger partial charge in [0.25, 0.3) is 0 Å². The molecule has 0 saturated heterocycles. The molecule has 0 aliphatic carbocycles. The van der Waals surface area contributed by atoms with Crippen molar-refractivity contribution in [3.8, 4) is 17.2 Å². The summed E-state index contributed by atoms with van der Waals surface area (Å²) in [5.41, 5.74) is 6.95. The van der Waals surface area contributed by atoms with E-state index >= 15 is 0 Å². The molecule has 0 unspecified atom stereocenters. The molecule has 4 aromatic rings. The minimum Gasteiger partial charge on any atom is -0.493 e. The summed E-state index contributed by atoms with van der Waals surface area (Å²) in [4.78, 5) is 4.53. The van der Waals surface area contributed by atoms with Gasteiger partial charge in [-0.2, -0.15) is 5.10 Å². The zero-order valence-electron chi connectivity index (χ0n) is 19.4. The fraction of sp³-hybridized carbons (Fsp3) is 0.185. The lowest BCUT2D eigenvalue weighted by atomic mass is 10.1. The molecule has 6 nitrogen and oxygen atoms in total. The predicted octanol–water partition coefficient (Wildman–Crippen LogP) is 6.55. The van der Waals surface area contributed by atoms with E-state index in [-0.39, 0.29) is 0 Å². The molecule has 0 saturated carbocycles. The van der Waals surface area contributed by atoms with Crippen LogP contribution < -0.4 is 19.6 Å². The molecule has 4 rings (SSSR count). The first-order chi connectivity index (χ1) is 16.7. The number of para-hydroxylation sites is 1. The maximum absolute atomic E-state index is 6.05. The molecule has 0 fully saturated rings. The van der Waals surface area contributed by atoms with E-state index in [1.54, 1.807) is 24.7 Å². The average molecular weight is 474 g/mol. The highest BCUT2D eigenvalue weighted by Gasteiger charge is 2.12. The summed E-state index contributed by atoms with van der Waals surface area (Å²) in [5, 5.41) is 5.10. The van der Waals surface area contributed by atoms with Crippen LogP contribution >= 0.6 is 11.3 Å². The molecule has 0 amide bonds. The Morgan fingerprint density at radius 3 is 2.59 bits per heavy atom. The van der Waals surface area contributed by atoms with Crippen LogP contribution in [0.25, 0.3) is 16.3 Å². The Bertz CT molecular complexity index is 1260. The molecule has 1 N–H and O–H groups in total. The van der Waals surface area contributed by atoms with E-state index in [4.69, 9.17) is 14.2 Å². The number of ether oxygens (including phenoxy) is 3. The second-order valence-corrected chi connectivity index (χ2v) is 8.54. The number of fused-ring (bicyclic) bond motifs is 1. The maximum Gasteiger partial charge on any atom is 0.204 e. The highest BCUT2D eigenvalue weighted by Crippen LogP contribution is 2.34. The third kappa shape index (κ3) is 5.94. The molecule has 0 radical (unpaired) electrons. The van der Waals surface area contributed by atoms with Gasteiger partial charge in [-0.05, 0) is 55.8 Å². The zero-order valence-corrected chi connectivity index (χ0v) is 20.3. The van der Waals surface area contributed by atoms with Crippen molar-refractivity contribution in [3.05, 3.63) is 83.4 Å². The Balaban J connectivity index is 1.43. The Morgan fingerprint density at radius 2 is 1.82 bits per heavy atom. The van der Waals surface area contributed by atoms with Crippen LogP contribution in [0.2, 0.25) is 0 Å². The Morgan fingerprint density at radius 1 is 1.03 bits per heavy atom. The number of nitrogens with one attached hydrogen (secondary N) is 1. The molecular formula is C27H27N3O3S. The Labute approximate surface area is 203 Å². The van der Waals surface area contributed by atoms with E-state index in [0.717, 1.165) is 32.2 Å². The molecule has 0 bridgehead atoms. The molecule has 1 aromatic heterocycles. The number of hydrogen-bond donors (Lipinski definition) is 1. The topological polar surface area (TPSA) is 65.0 Å². The fourth-order valence-corrected chi connectivity index (χ4v) is 4.17. The first kappa shape index (κ1) is 23.3. The Kier molecular flexibility index (Phi) is 7.78. The summed E-state index contributed by atoms with van der Waals surface area (Å²) in [7, 11) is 1.63. The summed E-state index contributed by atoms with van der Waals surface area (Å²) < 4.78 is 18.6. The summed E-state index contributed by atoms with van der Waals surface area (Å²) in [6.45, 7) is 4.83. The molecular weight excluding hydrogens is 446 g/mol. The molecule has 0 aliphatic rings. The number of nitrogens with zero attached hydrogens (tertiary/aromatic N) is 2. The number of aryl methyl sites for hydroxylation is 1. The van der Waals surface area contributed by atoms with Crippen LogP contribution in [0.5, 0.6) is 17.2 Å². The number of aromatic nitrogens is 1. The van der Waals surface area contributed by atoms with Gasteiger partial charge < -0.3 is 14.2 Å². The SMILES string of the molecule is C/C=C/c1cc(/C=N/Nc2nc3ccccc3s2)cc(OC)c1OCCOc1ccc(C)cc1. The largest absolute Gasteiger partial charge is 0.493 e. The van der Waals surface area contributed by atoms with Crippen molar-refractivity contribution in [2.45, 2.75) is 13.8 Å². The van der Waals surface area contributed by atoms with Gasteiger partial charge in [-0.15, -0.1) is 0 Å². The summed E-state index contributed by atoms with van der Waals surface area (Å²) >= 11 is 1.56. The summed E-state index contributed by atoms with van der Waals surface area (Å²) in [5.74, 6) is 2.12. The van der Waals surface area contributed by atoms with E-state index < -0.39 is 0 Å². The number of benzene rings is 3. The number of hydrazone groups is 1. The minimum absolute atomic E-state index is 0.390. The summed E-state index contributed by atoms with van der Waals surface area (Å²) in [6.07, 6.45) is 5.69. The molecule has 0 aliphatic heterocycles. The van der Waals surface area contributed by atoms with Crippen molar-refractivity contribution in [2.24, 2.45) is 5.10 Å². The van der Waals surface area contributed by atoms with Crippen molar-refractivity contribution in [2.75, 3.05) is 25.7 Å². The first-order valence-corrected chi connectivity index (χ1v) is 11.8. The van der Waals surface area contributed by atoms with Crippen molar-refractivity contribution >= 4 is 39.0 Å². The summed E-state index contributed by atoms with van der Waals surface area (Å²) in [6, 6.07) is 19.9. The van der Waals surface area contributed by atoms with Gasteiger partial charge in [0.1, 0.15) is 19.0 Å². The molecule has 1 heterocycles. The first-order valence-electron chi connectivity index (χ1n) is 11.0. The highest BCUT2D eigenvalue weighted by atomic mass is 32.1. The second-order valence-electron chi connectivity index (χ2n) is 7.51. The molecule has 0 atom stereocenters. The monoisotopic (exact) mass is 473 g/mol. The lowest BCUT2D eigenvalue weighted by Crippen LogP contribution is -2.10. The van der Waals surface area contributed by atoms with E-state index in [0.29, 0.717) is 24.7 Å². The van der Waals surface area contributed by atoms with Gasteiger partial charge >= 0.3 is 0 Å². The van der Waals surface area contributed by atoms with E-state index in [9.17, 15) is 0 Å². The normalized spacial score (nSPS) is 11.4. The molecule has 7 heteroatoms. The molecule has 3 aromatic carbocycles. The van der Waals surface area contributed by atoms with Crippen LogP contribution in [0.3, 0.4) is 0 Å². The third-order valence-corrected chi connectivity index (χ3v) is 5.90. The third-order valence-electron chi connectivity index (χ3n) is 4.96. The smallest absolute Gasteiger partial charge is 0.204 e. The van der Waals surface area contributed by atoms with Crippen LogP contribution in [-0.4, -0.2) is 31.5 Å². The maximum atomic E-state index is 6.05. The van der Waals surface area contributed by atoms with Crippen LogP contribution in [0, 0.1) is 6.92 Å². The van der Waals surface area contributed by atoms with Crippen LogP contribution in [-0.2, 0) is 0 Å². The predicted molar refractivity (Wildman–Crippen MR) is 141 cm³/mol. The quantitative estimate of drug-likeness (QED) is 0.161. The number of allylic oxidation sites excluding steroid dienone is 1. The standard InChI is InChI=1S/C27H27N3O3S/c1-4-7-21-16-20(18-28-30-27-29-23-8-5-6-9-25(23)34-27)17-24(31-3)26(21)33-15-14-32-22-12-10-19(2)11-13-22/h4-13,16-18H,14-15H2,1-3H3,(H,29,30)/b7-4+,28-18+. The second kappa shape index (κ2) is 11.3. The van der Waals surface area contributed by atoms with Gasteiger partial charge in [-0.25, -0.2) is 4.98 Å². The number of anilines is 1. The van der Waals surface area contributed by atoms with Crippen molar-refractivity contribution < 1.29 is 14.2 Å². The van der Waals surface area contributed by atoms with E-state index in [2.05, 4.69) is 15.5 Å². The van der Waals surface area contributed by atoms with Gasteiger partial charge in [0, 0.05) is 5.56 Å². The molecule has 0 spiro atoms. The number of methoxy groups -OCH3 is 1. The van der Waals surface area contributed by atoms with Crippen molar-refractivity contribution in [1.29, 1.82) is 0 Å². The van der Waals surface area contributed by atoms with Crippen LogP contribution in [0.4, 0.5) is 5.13 Å². The van der Waals surface area contributed by atoms with Gasteiger partial charge in [0.2, 0.25) is 5.13 Å². The van der Waals surface area contributed by atoms with Crippen molar-refractivity contribution in [3.63, 3.8) is 0 Å². The van der Waals surface area contributed by atoms with Gasteiger partial charge in [0.15, 0.2) is 11.5 Å². The average Bonchev–Trinajstić information content (AvgIpc) is 3.26. The van der Waals surface area contributed by atoms with E-state index in [1.165, 1.54) is 5.56 Å².